The molecule has 0 radical (unpaired) electrons. The molecular formula is C26H30FN5O3. The van der Waals surface area contributed by atoms with E-state index in [4.69, 9.17) is 14.2 Å². The van der Waals surface area contributed by atoms with Gasteiger partial charge in [0.25, 0.3) is 0 Å². The number of H-pyrrole nitrogens is 1. The molecule has 0 spiro atoms. The molecule has 0 bridgehead atoms. The lowest BCUT2D eigenvalue weighted by atomic mass is 10.2. The summed E-state index contributed by atoms with van der Waals surface area (Å²) in [5.74, 6) is 1.08. The fraction of sp³-hybridized carbons (Fsp3) is 0.385. The first-order chi connectivity index (χ1) is 17.0. The van der Waals surface area contributed by atoms with Crippen molar-refractivity contribution < 1.29 is 18.6 Å². The summed E-state index contributed by atoms with van der Waals surface area (Å²) in [6, 6.07) is 8.74. The normalized spacial score (nSPS) is 15.1. The van der Waals surface area contributed by atoms with Crippen LogP contribution < -0.4 is 14.2 Å². The molecule has 0 atom stereocenters. The summed E-state index contributed by atoms with van der Waals surface area (Å²) >= 11 is 0. The van der Waals surface area contributed by atoms with E-state index in [1.54, 1.807) is 37.4 Å². The topological polar surface area (TPSA) is 75.7 Å². The minimum Gasteiger partial charge on any atom is -0.493 e. The number of rotatable bonds is 8. The third-order valence-electron chi connectivity index (χ3n) is 6.40. The Morgan fingerprint density at radius 1 is 1.00 bits per heavy atom. The molecule has 1 fully saturated rings. The fourth-order valence-electron chi connectivity index (χ4n) is 4.41. The monoisotopic (exact) mass is 479 g/mol. The molecule has 0 amide bonds. The number of hydrogen-bond acceptors (Lipinski definition) is 7. The van der Waals surface area contributed by atoms with Crippen LogP contribution in [0.25, 0.3) is 21.8 Å². The van der Waals surface area contributed by atoms with Crippen LogP contribution in [0.4, 0.5) is 4.39 Å². The molecule has 0 saturated carbocycles. The minimum absolute atomic E-state index is 0.0990. The second-order valence-corrected chi connectivity index (χ2v) is 8.94. The molecular weight excluding hydrogens is 449 g/mol. The number of likely N-dealkylation sites (N-methyl/N-ethyl adjacent to an activating group) is 1. The van der Waals surface area contributed by atoms with E-state index in [9.17, 15) is 0 Å². The summed E-state index contributed by atoms with van der Waals surface area (Å²) < 4.78 is 32.7. The van der Waals surface area contributed by atoms with Gasteiger partial charge >= 0.3 is 0 Å². The Kier molecular flexibility index (Phi) is 6.70. The van der Waals surface area contributed by atoms with Gasteiger partial charge in [0.15, 0.2) is 23.1 Å². The van der Waals surface area contributed by atoms with Gasteiger partial charge in [-0.05, 0) is 44.7 Å². The maximum Gasteiger partial charge on any atom is 0.230 e. The summed E-state index contributed by atoms with van der Waals surface area (Å²) in [4.78, 5) is 16.5. The van der Waals surface area contributed by atoms with Crippen molar-refractivity contribution >= 4 is 21.8 Å². The van der Waals surface area contributed by atoms with Crippen LogP contribution in [0.2, 0.25) is 0 Å². The average molecular weight is 480 g/mol. The van der Waals surface area contributed by atoms with E-state index in [1.807, 2.05) is 6.92 Å². The van der Waals surface area contributed by atoms with Gasteiger partial charge in [-0.3, -0.25) is 0 Å². The Bertz CT molecular complexity index is 1330. The molecule has 9 heteroatoms. The van der Waals surface area contributed by atoms with Crippen molar-refractivity contribution in [1.29, 1.82) is 0 Å². The van der Waals surface area contributed by atoms with E-state index in [1.165, 1.54) is 6.33 Å². The van der Waals surface area contributed by atoms with Crippen LogP contribution in [0.3, 0.4) is 0 Å². The summed E-state index contributed by atoms with van der Waals surface area (Å²) in [7, 11) is 3.75. The largest absolute Gasteiger partial charge is 0.493 e. The zero-order valence-corrected chi connectivity index (χ0v) is 20.3. The van der Waals surface area contributed by atoms with Crippen molar-refractivity contribution in [2.45, 2.75) is 13.3 Å². The highest BCUT2D eigenvalue weighted by Gasteiger charge is 2.17. The summed E-state index contributed by atoms with van der Waals surface area (Å²) in [6.45, 7) is 7.78. The molecule has 1 N–H and O–H groups in total. The van der Waals surface area contributed by atoms with Gasteiger partial charge in [0.2, 0.25) is 5.88 Å². The Balaban J connectivity index is 1.35. The van der Waals surface area contributed by atoms with Crippen LogP contribution in [0.5, 0.6) is 23.1 Å². The van der Waals surface area contributed by atoms with Crippen molar-refractivity contribution in [2.24, 2.45) is 0 Å². The number of ether oxygens (including phenoxy) is 3. The predicted octanol–water partition coefficient (Wildman–Crippen LogP) is 4.38. The first-order valence-electron chi connectivity index (χ1n) is 11.8. The highest BCUT2D eigenvalue weighted by Crippen LogP contribution is 2.37. The molecule has 1 aliphatic heterocycles. The van der Waals surface area contributed by atoms with E-state index in [0.29, 0.717) is 34.4 Å². The van der Waals surface area contributed by atoms with Gasteiger partial charge in [0, 0.05) is 55.4 Å². The third-order valence-corrected chi connectivity index (χ3v) is 6.40. The lowest BCUT2D eigenvalue weighted by Gasteiger charge is -2.32. The van der Waals surface area contributed by atoms with Gasteiger partial charge in [-0.2, -0.15) is 0 Å². The quantitative estimate of drug-likeness (QED) is 0.376. The number of nitrogens with one attached hydrogen (secondary N) is 1. The molecule has 0 unspecified atom stereocenters. The van der Waals surface area contributed by atoms with Crippen LogP contribution in [0.1, 0.15) is 12.1 Å². The molecule has 2 aromatic heterocycles. The number of piperazine rings is 1. The van der Waals surface area contributed by atoms with Crippen LogP contribution in [-0.4, -0.2) is 78.2 Å². The lowest BCUT2D eigenvalue weighted by Crippen LogP contribution is -2.44. The zero-order chi connectivity index (χ0) is 24.4. The van der Waals surface area contributed by atoms with Gasteiger partial charge in [0.1, 0.15) is 6.33 Å². The van der Waals surface area contributed by atoms with Crippen LogP contribution >= 0.6 is 0 Å². The number of hydrogen-bond donors (Lipinski definition) is 1. The first kappa shape index (κ1) is 23.3. The zero-order valence-electron chi connectivity index (χ0n) is 20.3. The molecule has 1 aliphatic rings. The minimum atomic E-state index is -0.437. The molecule has 8 nitrogen and oxygen atoms in total. The van der Waals surface area contributed by atoms with Crippen LogP contribution in [0, 0.1) is 12.7 Å². The van der Waals surface area contributed by atoms with Gasteiger partial charge < -0.3 is 29.0 Å². The smallest absolute Gasteiger partial charge is 0.230 e. The predicted molar refractivity (Wildman–Crippen MR) is 133 cm³/mol. The van der Waals surface area contributed by atoms with Crippen molar-refractivity contribution in [1.82, 2.24) is 24.8 Å². The first-order valence-corrected chi connectivity index (χ1v) is 11.8. The molecule has 0 aliphatic carbocycles. The van der Waals surface area contributed by atoms with Crippen molar-refractivity contribution in [2.75, 3.05) is 53.5 Å². The lowest BCUT2D eigenvalue weighted by molar-refractivity contribution is 0.145. The van der Waals surface area contributed by atoms with E-state index >= 15 is 4.39 Å². The highest BCUT2D eigenvalue weighted by atomic mass is 19.1. The average Bonchev–Trinajstić information content (AvgIpc) is 3.25. The Hall–Kier alpha value is -3.43. The van der Waals surface area contributed by atoms with Crippen LogP contribution in [-0.2, 0) is 0 Å². The molecule has 184 valence electrons. The number of aromatic amines is 1. The molecule has 35 heavy (non-hydrogen) atoms. The number of nitrogens with zero attached hydrogens (tertiary/aromatic N) is 4. The van der Waals surface area contributed by atoms with E-state index < -0.39 is 5.82 Å². The fourth-order valence-corrected chi connectivity index (χ4v) is 4.41. The van der Waals surface area contributed by atoms with Gasteiger partial charge in [0.05, 0.1) is 24.6 Å². The Morgan fingerprint density at radius 2 is 1.83 bits per heavy atom. The van der Waals surface area contributed by atoms with Crippen molar-refractivity contribution in [3.63, 3.8) is 0 Å². The second kappa shape index (κ2) is 10.1. The number of aryl methyl sites for hydroxylation is 1. The van der Waals surface area contributed by atoms with Gasteiger partial charge in [-0.1, -0.05) is 0 Å². The number of aromatic nitrogens is 3. The highest BCUT2D eigenvalue weighted by molar-refractivity contribution is 5.87. The summed E-state index contributed by atoms with van der Waals surface area (Å²) in [5.41, 5.74) is 2.22. The number of benzene rings is 2. The molecule has 1 saturated heterocycles. The Labute approximate surface area is 203 Å². The Morgan fingerprint density at radius 3 is 2.63 bits per heavy atom. The maximum atomic E-state index is 15.1. The van der Waals surface area contributed by atoms with E-state index in [2.05, 4.69) is 31.8 Å². The number of methoxy groups -OCH3 is 1. The third kappa shape index (κ3) is 5.01. The number of halogens is 1. The second-order valence-electron chi connectivity index (χ2n) is 8.94. The van der Waals surface area contributed by atoms with Crippen LogP contribution in [0.15, 0.2) is 36.7 Å². The molecule has 4 aromatic rings. The van der Waals surface area contributed by atoms with Gasteiger partial charge in [-0.15, -0.1) is 0 Å². The number of fused-ring (bicyclic) bond motifs is 2. The van der Waals surface area contributed by atoms with E-state index in [-0.39, 0.29) is 11.6 Å². The summed E-state index contributed by atoms with van der Waals surface area (Å²) in [6.07, 6.45) is 2.30. The molecule has 3 heterocycles. The SMILES string of the molecule is COc1cc2ncnc(Oc3ccc4[nH]c(C)cc4c3F)c2cc1OCCCN1CCN(C)CC1. The maximum absolute atomic E-state index is 15.1. The van der Waals surface area contributed by atoms with E-state index in [0.717, 1.165) is 50.4 Å². The molecule has 2 aromatic carbocycles. The summed E-state index contributed by atoms with van der Waals surface area (Å²) in [5, 5.41) is 1.09. The molecule has 5 rings (SSSR count). The standard InChI is InChI=1S/C26H30FN5O3/c1-17-13-18-20(30-17)5-6-22(25(18)27)35-26-19-14-24(23(33-3)15-21(19)28-16-29-26)34-12-4-7-32-10-8-31(2)9-11-32/h5-6,13-16,30H,4,7-12H2,1-3H3. The van der Waals surface area contributed by atoms with Crippen molar-refractivity contribution in [3.8, 4) is 23.1 Å². The van der Waals surface area contributed by atoms with Gasteiger partial charge in [-0.25, -0.2) is 14.4 Å². The van der Waals surface area contributed by atoms with Crippen molar-refractivity contribution in [3.05, 3.63) is 48.2 Å².